The Morgan fingerprint density at radius 1 is 0.692 bits per heavy atom. The third-order valence-corrected chi connectivity index (χ3v) is 6.26. The molecule has 0 fully saturated rings. The Labute approximate surface area is 228 Å². The average Bonchev–Trinajstić information content (AvgIpc) is 2.93. The molecular formula is C32H31N2O5+. The fourth-order valence-electron chi connectivity index (χ4n) is 3.68. The molecule has 0 aliphatic rings. The highest BCUT2D eigenvalue weighted by Gasteiger charge is 2.16. The van der Waals surface area contributed by atoms with Gasteiger partial charge in [-0.2, -0.15) is 4.57 Å². The van der Waals surface area contributed by atoms with E-state index in [2.05, 4.69) is 0 Å². The number of aryl methyl sites for hydroxylation is 1. The van der Waals surface area contributed by atoms with Gasteiger partial charge in [0.25, 0.3) is 0 Å². The van der Waals surface area contributed by atoms with Gasteiger partial charge >= 0.3 is 11.9 Å². The number of anilines is 1. The molecule has 1 aromatic heterocycles. The zero-order valence-corrected chi connectivity index (χ0v) is 22.7. The smallest absolute Gasteiger partial charge is 0.343 e. The minimum absolute atomic E-state index is 0.381. The van der Waals surface area contributed by atoms with Crippen molar-refractivity contribution in [2.45, 2.75) is 20.8 Å². The Bertz CT molecular complexity index is 1490. The van der Waals surface area contributed by atoms with Crippen LogP contribution in [0.25, 0.3) is 6.20 Å². The van der Waals surface area contributed by atoms with Crippen molar-refractivity contribution in [3.63, 3.8) is 0 Å². The van der Waals surface area contributed by atoms with Gasteiger partial charge in [-0.15, -0.1) is 0 Å². The van der Waals surface area contributed by atoms with Crippen molar-refractivity contribution in [1.82, 2.24) is 0 Å². The summed E-state index contributed by atoms with van der Waals surface area (Å²) in [4.78, 5) is 27.3. The maximum absolute atomic E-state index is 12.8. The molecule has 198 valence electrons. The van der Waals surface area contributed by atoms with Crippen molar-refractivity contribution < 1.29 is 28.4 Å². The van der Waals surface area contributed by atoms with Crippen LogP contribution in [0.5, 0.6) is 17.2 Å². The van der Waals surface area contributed by atoms with Gasteiger partial charge in [0, 0.05) is 31.9 Å². The molecule has 0 spiro atoms. The fraction of sp³-hybridized carbons (Fsp3) is 0.156. The van der Waals surface area contributed by atoms with Gasteiger partial charge in [-0.3, -0.25) is 0 Å². The zero-order chi connectivity index (χ0) is 27.9. The van der Waals surface area contributed by atoms with Gasteiger partial charge in [-0.25, -0.2) is 9.59 Å². The maximum atomic E-state index is 12.8. The number of hydrogen-bond acceptors (Lipinski definition) is 6. The molecule has 0 saturated heterocycles. The molecule has 7 heteroatoms. The second-order valence-electron chi connectivity index (χ2n) is 9.28. The summed E-state index contributed by atoms with van der Waals surface area (Å²) in [5.41, 5.74) is 4.43. The standard InChI is InChI=1S/C32H31N2O5/c1-22-6-8-25(9-7-22)31(35)38-29-14-15-30(24(3)23(29)2)39-32(36)26-10-12-28(13-11-26)37-21-20-34-18-16-27(17-19-34)33(4)5/h6-21H,1-5H3/q+1/b21-20-. The normalized spacial score (nSPS) is 10.8. The Balaban J connectivity index is 1.36. The van der Waals surface area contributed by atoms with Gasteiger partial charge in [0.05, 0.1) is 11.1 Å². The van der Waals surface area contributed by atoms with E-state index in [1.54, 1.807) is 61.0 Å². The number of carbonyl (C=O) groups excluding carboxylic acids is 2. The minimum atomic E-state index is -0.500. The van der Waals surface area contributed by atoms with Crippen molar-refractivity contribution in [1.29, 1.82) is 0 Å². The molecule has 1 heterocycles. The number of esters is 2. The number of hydrogen-bond donors (Lipinski definition) is 0. The molecule has 0 aliphatic heterocycles. The van der Waals surface area contributed by atoms with Crippen LogP contribution >= 0.6 is 0 Å². The van der Waals surface area contributed by atoms with Crippen LogP contribution in [0.2, 0.25) is 0 Å². The van der Waals surface area contributed by atoms with Crippen LogP contribution in [0.15, 0.2) is 91.5 Å². The highest BCUT2D eigenvalue weighted by atomic mass is 16.5. The van der Waals surface area contributed by atoms with E-state index in [4.69, 9.17) is 14.2 Å². The first kappa shape index (κ1) is 27.1. The van der Waals surface area contributed by atoms with Crippen molar-refractivity contribution in [2.24, 2.45) is 0 Å². The first-order chi connectivity index (χ1) is 18.7. The molecule has 0 saturated carbocycles. The Morgan fingerprint density at radius 2 is 1.18 bits per heavy atom. The Morgan fingerprint density at radius 3 is 1.67 bits per heavy atom. The minimum Gasteiger partial charge on any atom is -0.459 e. The summed E-state index contributed by atoms with van der Waals surface area (Å²) in [6.45, 7) is 5.59. The van der Waals surface area contributed by atoms with E-state index in [-0.39, 0.29) is 0 Å². The van der Waals surface area contributed by atoms with Crippen LogP contribution < -0.4 is 23.7 Å². The largest absolute Gasteiger partial charge is 0.459 e. The number of aromatic nitrogens is 1. The summed E-state index contributed by atoms with van der Waals surface area (Å²) in [5, 5.41) is 0. The molecule has 0 aliphatic carbocycles. The lowest BCUT2D eigenvalue weighted by Crippen LogP contribution is -2.25. The van der Waals surface area contributed by atoms with Crippen molar-refractivity contribution >= 4 is 23.8 Å². The maximum Gasteiger partial charge on any atom is 0.343 e. The summed E-state index contributed by atoms with van der Waals surface area (Å²) in [6.07, 6.45) is 7.22. The topological polar surface area (TPSA) is 68.9 Å². The summed E-state index contributed by atoms with van der Waals surface area (Å²) >= 11 is 0. The second kappa shape index (κ2) is 12.1. The summed E-state index contributed by atoms with van der Waals surface area (Å²) in [5.74, 6) is 0.452. The monoisotopic (exact) mass is 523 g/mol. The van der Waals surface area contributed by atoms with E-state index in [1.807, 2.05) is 81.0 Å². The highest BCUT2D eigenvalue weighted by molar-refractivity contribution is 5.92. The Kier molecular flexibility index (Phi) is 8.41. The summed E-state index contributed by atoms with van der Waals surface area (Å²) in [7, 11) is 3.98. The summed E-state index contributed by atoms with van der Waals surface area (Å²) in [6, 6.07) is 21.1. The predicted molar refractivity (Wildman–Crippen MR) is 150 cm³/mol. The molecule has 7 nitrogen and oxygen atoms in total. The molecule has 0 amide bonds. The van der Waals surface area contributed by atoms with Crippen LogP contribution in [0.4, 0.5) is 5.69 Å². The van der Waals surface area contributed by atoms with E-state index in [0.29, 0.717) is 39.5 Å². The van der Waals surface area contributed by atoms with Gasteiger partial charge < -0.3 is 19.1 Å². The van der Waals surface area contributed by atoms with Crippen LogP contribution in [0.1, 0.15) is 37.4 Å². The number of nitrogens with zero attached hydrogens (tertiary/aromatic N) is 2. The first-order valence-corrected chi connectivity index (χ1v) is 12.4. The van der Waals surface area contributed by atoms with Crippen LogP contribution in [0, 0.1) is 20.8 Å². The van der Waals surface area contributed by atoms with E-state index < -0.39 is 11.9 Å². The third kappa shape index (κ3) is 6.90. The van der Waals surface area contributed by atoms with Crippen molar-refractivity contribution in [2.75, 3.05) is 19.0 Å². The van der Waals surface area contributed by atoms with Crippen molar-refractivity contribution in [3.8, 4) is 17.2 Å². The predicted octanol–water partition coefficient (Wildman–Crippen LogP) is 5.91. The molecule has 4 rings (SSSR count). The van der Waals surface area contributed by atoms with Gasteiger partial charge in [-0.1, -0.05) is 17.7 Å². The number of benzene rings is 3. The molecule has 39 heavy (non-hydrogen) atoms. The van der Waals surface area contributed by atoms with E-state index in [0.717, 1.165) is 11.3 Å². The molecule has 0 N–H and O–H groups in total. The van der Waals surface area contributed by atoms with Crippen LogP contribution in [-0.2, 0) is 0 Å². The van der Waals surface area contributed by atoms with E-state index >= 15 is 0 Å². The second-order valence-corrected chi connectivity index (χ2v) is 9.28. The molecular weight excluding hydrogens is 492 g/mol. The van der Waals surface area contributed by atoms with Crippen molar-refractivity contribution in [3.05, 3.63) is 119 Å². The third-order valence-electron chi connectivity index (χ3n) is 6.26. The highest BCUT2D eigenvalue weighted by Crippen LogP contribution is 2.30. The summed E-state index contributed by atoms with van der Waals surface area (Å²) < 4.78 is 18.7. The number of pyridine rings is 1. The quantitative estimate of drug-likeness (QED) is 0.124. The molecule has 0 unspecified atom stereocenters. The Hall–Kier alpha value is -4.91. The van der Waals surface area contributed by atoms with Crippen LogP contribution in [0.3, 0.4) is 0 Å². The van der Waals surface area contributed by atoms with Gasteiger partial charge in [0.1, 0.15) is 17.2 Å². The lowest BCUT2D eigenvalue weighted by atomic mass is 10.1. The molecule has 0 radical (unpaired) electrons. The fourth-order valence-corrected chi connectivity index (χ4v) is 3.68. The lowest BCUT2D eigenvalue weighted by Gasteiger charge is -2.14. The molecule has 4 aromatic rings. The lowest BCUT2D eigenvalue weighted by molar-refractivity contribution is -0.568. The first-order valence-electron chi connectivity index (χ1n) is 12.4. The van der Waals surface area contributed by atoms with Gasteiger partial charge in [-0.05, 0) is 80.4 Å². The van der Waals surface area contributed by atoms with E-state index in [1.165, 1.54) is 0 Å². The number of carbonyl (C=O) groups is 2. The molecule has 0 atom stereocenters. The average molecular weight is 524 g/mol. The zero-order valence-electron chi connectivity index (χ0n) is 22.7. The number of rotatable bonds is 8. The van der Waals surface area contributed by atoms with E-state index in [9.17, 15) is 9.59 Å². The van der Waals surface area contributed by atoms with Gasteiger partial charge in [0.15, 0.2) is 18.7 Å². The SMILES string of the molecule is Cc1ccc(C(=O)Oc2ccc(OC(=O)c3ccc(O/C=C\[n+]4ccc(N(C)C)cc4)cc3)c(C)c2C)cc1. The van der Waals surface area contributed by atoms with Crippen LogP contribution in [-0.4, -0.2) is 26.0 Å². The molecule has 0 bridgehead atoms. The number of ether oxygens (including phenoxy) is 3. The van der Waals surface area contributed by atoms with Gasteiger partial charge in [0.2, 0.25) is 6.20 Å². The molecule has 3 aromatic carbocycles.